The van der Waals surface area contributed by atoms with Crippen molar-refractivity contribution in [1.29, 1.82) is 0 Å². The summed E-state index contributed by atoms with van der Waals surface area (Å²) in [7, 11) is 0. The Labute approximate surface area is 137 Å². The molecule has 0 radical (unpaired) electrons. The molecule has 3 heteroatoms. The van der Waals surface area contributed by atoms with Crippen LogP contribution in [0.5, 0.6) is 0 Å². The first-order chi connectivity index (χ1) is 10.6. The van der Waals surface area contributed by atoms with E-state index in [4.69, 9.17) is 9.90 Å². The Bertz CT molecular complexity index is 296. The van der Waals surface area contributed by atoms with Crippen molar-refractivity contribution >= 4 is 5.97 Å². The van der Waals surface area contributed by atoms with Gasteiger partial charge in [-0.1, -0.05) is 70.3 Å². The standard InChI is InChI=1S/C17H33N.C2H4O2/c1-3-4-5-6-7-8-9-10-11-12-14-18-15-13-17(2)16-18;1-2(3)4/h16H,3-15H2,1-2H3;1H3,(H,3,4). The summed E-state index contributed by atoms with van der Waals surface area (Å²) in [6.45, 7) is 8.17. The molecule has 1 heterocycles. The number of carboxylic acids is 1. The van der Waals surface area contributed by atoms with Crippen LogP contribution in [0.3, 0.4) is 0 Å². The van der Waals surface area contributed by atoms with Gasteiger partial charge in [-0.25, -0.2) is 0 Å². The second-order valence-corrected chi connectivity index (χ2v) is 6.46. The maximum Gasteiger partial charge on any atom is 0.300 e. The van der Waals surface area contributed by atoms with Crippen molar-refractivity contribution in [3.05, 3.63) is 11.8 Å². The van der Waals surface area contributed by atoms with E-state index in [-0.39, 0.29) is 0 Å². The number of hydrogen-bond donors (Lipinski definition) is 1. The first kappa shape index (κ1) is 21.0. The minimum atomic E-state index is -0.833. The lowest BCUT2D eigenvalue weighted by molar-refractivity contribution is -0.134. The summed E-state index contributed by atoms with van der Waals surface area (Å²) < 4.78 is 0. The summed E-state index contributed by atoms with van der Waals surface area (Å²) in [6, 6.07) is 0. The number of aliphatic carboxylic acids is 1. The normalized spacial score (nSPS) is 13.6. The van der Waals surface area contributed by atoms with Gasteiger partial charge in [0.2, 0.25) is 0 Å². The molecule has 0 aromatic carbocycles. The maximum absolute atomic E-state index is 9.00. The Balaban J connectivity index is 0.000000980. The van der Waals surface area contributed by atoms with Crippen molar-refractivity contribution in [3.63, 3.8) is 0 Å². The molecular formula is C19H37NO2. The summed E-state index contributed by atoms with van der Waals surface area (Å²) in [5.74, 6) is -0.833. The SMILES string of the molecule is CC(=O)O.CCCCCCCCCCCCN1C=C(C)CC1. The molecule has 0 aromatic heterocycles. The van der Waals surface area contributed by atoms with E-state index in [1.807, 2.05) is 0 Å². The topological polar surface area (TPSA) is 40.5 Å². The van der Waals surface area contributed by atoms with Crippen molar-refractivity contribution in [1.82, 2.24) is 4.90 Å². The molecule has 0 amide bonds. The molecule has 22 heavy (non-hydrogen) atoms. The molecule has 0 fully saturated rings. The summed E-state index contributed by atoms with van der Waals surface area (Å²) in [4.78, 5) is 11.5. The molecule has 1 N–H and O–H groups in total. The maximum atomic E-state index is 9.00. The van der Waals surface area contributed by atoms with Gasteiger partial charge in [-0.3, -0.25) is 4.79 Å². The minimum absolute atomic E-state index is 0.833. The highest BCUT2D eigenvalue weighted by molar-refractivity contribution is 5.62. The third-order valence-electron chi connectivity index (χ3n) is 4.00. The lowest BCUT2D eigenvalue weighted by atomic mass is 10.1. The van der Waals surface area contributed by atoms with Crippen LogP contribution in [0.2, 0.25) is 0 Å². The number of unbranched alkanes of at least 4 members (excludes halogenated alkanes) is 9. The fourth-order valence-electron chi connectivity index (χ4n) is 2.74. The van der Waals surface area contributed by atoms with Gasteiger partial charge < -0.3 is 10.0 Å². The number of carbonyl (C=O) groups is 1. The predicted molar refractivity (Wildman–Crippen MR) is 95.1 cm³/mol. The molecule has 3 nitrogen and oxygen atoms in total. The third-order valence-corrected chi connectivity index (χ3v) is 4.00. The molecule has 1 aliphatic rings. The van der Waals surface area contributed by atoms with E-state index in [0.717, 1.165) is 6.92 Å². The zero-order chi connectivity index (χ0) is 16.6. The first-order valence-corrected chi connectivity index (χ1v) is 9.17. The Morgan fingerprint density at radius 2 is 1.50 bits per heavy atom. The average molecular weight is 312 g/mol. The van der Waals surface area contributed by atoms with Crippen molar-refractivity contribution < 1.29 is 9.90 Å². The van der Waals surface area contributed by atoms with Gasteiger partial charge >= 0.3 is 0 Å². The van der Waals surface area contributed by atoms with E-state index >= 15 is 0 Å². The van der Waals surface area contributed by atoms with Crippen LogP contribution in [0.1, 0.15) is 91.4 Å². The summed E-state index contributed by atoms with van der Waals surface area (Å²) in [5, 5.41) is 7.42. The van der Waals surface area contributed by atoms with Gasteiger partial charge in [-0.05, 0) is 26.0 Å². The Morgan fingerprint density at radius 1 is 1.05 bits per heavy atom. The zero-order valence-electron chi connectivity index (χ0n) is 15.1. The molecule has 130 valence electrons. The quantitative estimate of drug-likeness (QED) is 0.504. The van der Waals surface area contributed by atoms with Crippen LogP contribution in [0.25, 0.3) is 0 Å². The number of carboxylic acid groups (broad SMARTS) is 1. The Kier molecular flexibility index (Phi) is 14.3. The first-order valence-electron chi connectivity index (χ1n) is 9.17. The van der Waals surface area contributed by atoms with E-state index in [1.165, 1.54) is 83.7 Å². The van der Waals surface area contributed by atoms with E-state index in [2.05, 4.69) is 24.9 Å². The fourth-order valence-corrected chi connectivity index (χ4v) is 2.74. The third kappa shape index (κ3) is 15.4. The van der Waals surface area contributed by atoms with Crippen LogP contribution >= 0.6 is 0 Å². The minimum Gasteiger partial charge on any atom is -0.481 e. The average Bonchev–Trinajstić information content (AvgIpc) is 2.86. The molecule has 0 aromatic rings. The molecule has 0 unspecified atom stereocenters. The zero-order valence-corrected chi connectivity index (χ0v) is 15.1. The predicted octanol–water partition coefficient (Wildman–Crippen LogP) is 5.61. The van der Waals surface area contributed by atoms with Crippen LogP contribution in [-0.2, 0) is 4.79 Å². The van der Waals surface area contributed by atoms with Gasteiger partial charge in [-0.15, -0.1) is 0 Å². The van der Waals surface area contributed by atoms with Gasteiger partial charge in [-0.2, -0.15) is 0 Å². The van der Waals surface area contributed by atoms with E-state index in [9.17, 15) is 0 Å². The van der Waals surface area contributed by atoms with E-state index < -0.39 is 5.97 Å². The van der Waals surface area contributed by atoms with Gasteiger partial charge in [0.1, 0.15) is 0 Å². The van der Waals surface area contributed by atoms with Gasteiger partial charge in [0, 0.05) is 20.0 Å². The van der Waals surface area contributed by atoms with Crippen molar-refractivity contribution in [2.24, 2.45) is 0 Å². The number of hydrogen-bond acceptors (Lipinski definition) is 2. The van der Waals surface area contributed by atoms with Crippen molar-refractivity contribution in [3.8, 4) is 0 Å². The van der Waals surface area contributed by atoms with Crippen LogP contribution in [-0.4, -0.2) is 29.1 Å². The molecule has 0 atom stereocenters. The summed E-state index contributed by atoms with van der Waals surface area (Å²) >= 11 is 0. The largest absolute Gasteiger partial charge is 0.481 e. The monoisotopic (exact) mass is 311 g/mol. The van der Waals surface area contributed by atoms with Crippen LogP contribution < -0.4 is 0 Å². The smallest absolute Gasteiger partial charge is 0.300 e. The highest BCUT2D eigenvalue weighted by Gasteiger charge is 2.07. The lowest BCUT2D eigenvalue weighted by Crippen LogP contribution is -2.15. The molecular weight excluding hydrogens is 274 g/mol. The molecule has 1 rings (SSSR count). The van der Waals surface area contributed by atoms with Crippen LogP contribution in [0.15, 0.2) is 11.8 Å². The van der Waals surface area contributed by atoms with Gasteiger partial charge in [0.25, 0.3) is 5.97 Å². The van der Waals surface area contributed by atoms with Crippen molar-refractivity contribution in [2.75, 3.05) is 13.1 Å². The van der Waals surface area contributed by atoms with E-state index in [0.29, 0.717) is 0 Å². The van der Waals surface area contributed by atoms with Gasteiger partial charge in [0.15, 0.2) is 0 Å². The summed E-state index contributed by atoms with van der Waals surface area (Å²) in [6.07, 6.45) is 18.0. The van der Waals surface area contributed by atoms with Gasteiger partial charge in [0.05, 0.1) is 0 Å². The van der Waals surface area contributed by atoms with E-state index in [1.54, 1.807) is 5.57 Å². The highest BCUT2D eigenvalue weighted by Crippen LogP contribution is 2.15. The lowest BCUT2D eigenvalue weighted by Gasteiger charge is -2.14. The van der Waals surface area contributed by atoms with Crippen molar-refractivity contribution in [2.45, 2.75) is 91.4 Å². The van der Waals surface area contributed by atoms with Crippen LogP contribution in [0, 0.1) is 0 Å². The molecule has 0 spiro atoms. The van der Waals surface area contributed by atoms with Crippen LogP contribution in [0.4, 0.5) is 0 Å². The number of rotatable bonds is 11. The molecule has 0 aliphatic carbocycles. The molecule has 1 aliphatic heterocycles. The Morgan fingerprint density at radius 3 is 1.91 bits per heavy atom. The molecule has 0 bridgehead atoms. The molecule has 0 saturated heterocycles. The highest BCUT2D eigenvalue weighted by atomic mass is 16.4. The summed E-state index contributed by atoms with van der Waals surface area (Å²) in [5.41, 5.74) is 1.56. The Hall–Kier alpha value is -0.990. The second-order valence-electron chi connectivity index (χ2n) is 6.46. The number of nitrogens with zero attached hydrogens (tertiary/aromatic N) is 1. The molecule has 0 saturated carbocycles. The second kappa shape index (κ2) is 14.9. The fraction of sp³-hybridized carbons (Fsp3) is 0.842.